The Kier molecular flexibility index (Phi) is 5.64. The van der Waals surface area contributed by atoms with Gasteiger partial charge in [0.25, 0.3) is 0 Å². The van der Waals surface area contributed by atoms with E-state index in [0.717, 1.165) is 12.8 Å². The molecule has 108 valence electrons. The fraction of sp³-hybridized carbons (Fsp3) is 0.538. The molecule has 1 aromatic rings. The Hall–Kier alpha value is -0.780. The average molecular weight is 305 g/mol. The van der Waals surface area contributed by atoms with Gasteiger partial charge in [-0.2, -0.15) is 0 Å². The minimum absolute atomic E-state index is 0.115. The Morgan fingerprint density at radius 3 is 2.37 bits per heavy atom. The SMILES string of the molecule is CCC(CC)C(C)NS(=O)(=O)c1ccc(N)c(Cl)c1. The lowest BCUT2D eigenvalue weighted by Gasteiger charge is -2.22. The number of benzene rings is 1. The first-order valence-corrected chi connectivity index (χ1v) is 8.25. The lowest BCUT2D eigenvalue weighted by molar-refractivity contribution is 0.391. The molecule has 0 amide bonds. The standard InChI is InChI=1S/C13H21ClN2O2S/c1-4-10(5-2)9(3)16-19(17,18)11-6-7-13(15)12(14)8-11/h6-10,16H,4-5,15H2,1-3H3. The quantitative estimate of drug-likeness (QED) is 0.793. The fourth-order valence-electron chi connectivity index (χ4n) is 2.08. The van der Waals surface area contributed by atoms with E-state index in [1.165, 1.54) is 18.2 Å². The van der Waals surface area contributed by atoms with Gasteiger partial charge in [0.1, 0.15) is 0 Å². The molecule has 1 aromatic carbocycles. The van der Waals surface area contributed by atoms with Crippen LogP contribution in [0.5, 0.6) is 0 Å². The zero-order valence-electron chi connectivity index (χ0n) is 11.5. The number of hydrogen-bond acceptors (Lipinski definition) is 3. The molecule has 1 rings (SSSR count). The normalized spacial score (nSPS) is 13.7. The van der Waals surface area contributed by atoms with Gasteiger partial charge >= 0.3 is 0 Å². The number of anilines is 1. The summed E-state index contributed by atoms with van der Waals surface area (Å²) in [5.74, 6) is 0.319. The fourth-order valence-corrected chi connectivity index (χ4v) is 3.66. The Labute approximate surface area is 120 Å². The van der Waals surface area contributed by atoms with Gasteiger partial charge < -0.3 is 5.73 Å². The monoisotopic (exact) mass is 304 g/mol. The zero-order valence-corrected chi connectivity index (χ0v) is 13.1. The van der Waals surface area contributed by atoms with Crippen LogP contribution in [-0.2, 0) is 10.0 Å². The van der Waals surface area contributed by atoms with E-state index in [-0.39, 0.29) is 16.0 Å². The molecule has 0 aliphatic rings. The van der Waals surface area contributed by atoms with Crippen LogP contribution >= 0.6 is 11.6 Å². The van der Waals surface area contributed by atoms with Crippen LogP contribution in [0.2, 0.25) is 5.02 Å². The number of sulfonamides is 1. The number of halogens is 1. The maximum Gasteiger partial charge on any atom is 0.240 e. The lowest BCUT2D eigenvalue weighted by Crippen LogP contribution is -2.37. The van der Waals surface area contributed by atoms with Gasteiger partial charge in [0.05, 0.1) is 15.6 Å². The summed E-state index contributed by atoms with van der Waals surface area (Å²) in [6, 6.07) is 4.22. The minimum Gasteiger partial charge on any atom is -0.398 e. The summed E-state index contributed by atoms with van der Waals surface area (Å²) in [6.45, 7) is 5.99. The molecule has 3 N–H and O–H groups in total. The molecule has 1 unspecified atom stereocenters. The first-order valence-electron chi connectivity index (χ1n) is 6.39. The van der Waals surface area contributed by atoms with Crippen LogP contribution in [0.1, 0.15) is 33.6 Å². The molecule has 0 bridgehead atoms. The number of hydrogen-bond donors (Lipinski definition) is 2. The molecular weight excluding hydrogens is 284 g/mol. The zero-order chi connectivity index (χ0) is 14.6. The predicted octanol–water partition coefficient (Wildman–Crippen LogP) is 3.03. The van der Waals surface area contributed by atoms with E-state index in [1.54, 1.807) is 0 Å². The molecule has 0 spiro atoms. The summed E-state index contributed by atoms with van der Waals surface area (Å²) >= 11 is 5.86. The van der Waals surface area contributed by atoms with Gasteiger partial charge in [-0.25, -0.2) is 13.1 Å². The first kappa shape index (κ1) is 16.3. The van der Waals surface area contributed by atoms with Gasteiger partial charge in [0.2, 0.25) is 10.0 Å². The Bertz CT molecular complexity index is 527. The maximum absolute atomic E-state index is 12.2. The summed E-state index contributed by atoms with van der Waals surface area (Å²) in [5, 5.41) is 0.248. The van der Waals surface area contributed by atoms with Crippen molar-refractivity contribution in [3.8, 4) is 0 Å². The van der Waals surface area contributed by atoms with Crippen molar-refractivity contribution in [1.29, 1.82) is 0 Å². The molecule has 0 saturated carbocycles. The van der Waals surface area contributed by atoms with E-state index in [2.05, 4.69) is 18.6 Å². The number of nitrogens with two attached hydrogens (primary N) is 1. The van der Waals surface area contributed by atoms with Crippen molar-refractivity contribution in [3.05, 3.63) is 23.2 Å². The highest BCUT2D eigenvalue weighted by Crippen LogP contribution is 2.23. The second kappa shape index (κ2) is 6.59. The van der Waals surface area contributed by atoms with Gasteiger partial charge in [-0.3, -0.25) is 0 Å². The van der Waals surface area contributed by atoms with Gasteiger partial charge in [0, 0.05) is 6.04 Å². The summed E-state index contributed by atoms with van der Waals surface area (Å²) in [5.41, 5.74) is 5.95. The molecule has 1 atom stereocenters. The first-order chi connectivity index (χ1) is 8.81. The molecule has 0 heterocycles. The van der Waals surface area contributed by atoms with Crippen LogP contribution in [-0.4, -0.2) is 14.5 Å². The molecule has 0 aliphatic carbocycles. The van der Waals surface area contributed by atoms with Crippen molar-refractivity contribution >= 4 is 27.3 Å². The van der Waals surface area contributed by atoms with E-state index >= 15 is 0 Å². The molecule has 0 aliphatic heterocycles. The average Bonchev–Trinajstić information content (AvgIpc) is 2.33. The Balaban J connectivity index is 2.95. The van der Waals surface area contributed by atoms with E-state index in [4.69, 9.17) is 17.3 Å². The number of rotatable bonds is 6. The van der Waals surface area contributed by atoms with E-state index in [1.807, 2.05) is 6.92 Å². The molecule has 6 heteroatoms. The smallest absolute Gasteiger partial charge is 0.240 e. The number of nitrogens with one attached hydrogen (secondary N) is 1. The van der Waals surface area contributed by atoms with Crippen LogP contribution < -0.4 is 10.5 Å². The second-order valence-electron chi connectivity index (χ2n) is 4.67. The van der Waals surface area contributed by atoms with Crippen LogP contribution in [0.4, 0.5) is 5.69 Å². The number of nitrogen functional groups attached to an aromatic ring is 1. The Morgan fingerprint density at radius 2 is 1.89 bits per heavy atom. The molecule has 0 radical (unpaired) electrons. The van der Waals surface area contributed by atoms with E-state index < -0.39 is 10.0 Å². The van der Waals surface area contributed by atoms with Crippen LogP contribution in [0.15, 0.2) is 23.1 Å². The van der Waals surface area contributed by atoms with Gasteiger partial charge in [-0.05, 0) is 31.0 Å². The largest absolute Gasteiger partial charge is 0.398 e. The van der Waals surface area contributed by atoms with Crippen molar-refractivity contribution < 1.29 is 8.42 Å². The molecule has 19 heavy (non-hydrogen) atoms. The van der Waals surface area contributed by atoms with Crippen LogP contribution in [0.3, 0.4) is 0 Å². The van der Waals surface area contributed by atoms with Crippen LogP contribution in [0, 0.1) is 5.92 Å². The third-order valence-electron chi connectivity index (χ3n) is 3.38. The third-order valence-corrected chi connectivity index (χ3v) is 5.26. The van der Waals surface area contributed by atoms with E-state index in [0.29, 0.717) is 11.6 Å². The highest BCUT2D eigenvalue weighted by molar-refractivity contribution is 7.89. The van der Waals surface area contributed by atoms with Crippen molar-refractivity contribution in [2.45, 2.75) is 44.6 Å². The Morgan fingerprint density at radius 1 is 1.32 bits per heavy atom. The van der Waals surface area contributed by atoms with Gasteiger partial charge in [0.15, 0.2) is 0 Å². The minimum atomic E-state index is -3.55. The van der Waals surface area contributed by atoms with Crippen molar-refractivity contribution in [2.24, 2.45) is 5.92 Å². The van der Waals surface area contributed by atoms with Crippen LogP contribution in [0.25, 0.3) is 0 Å². The predicted molar refractivity (Wildman–Crippen MR) is 79.7 cm³/mol. The van der Waals surface area contributed by atoms with Crippen molar-refractivity contribution in [2.75, 3.05) is 5.73 Å². The molecule has 0 saturated heterocycles. The van der Waals surface area contributed by atoms with Gasteiger partial charge in [-0.15, -0.1) is 0 Å². The summed E-state index contributed by atoms with van der Waals surface area (Å²) < 4.78 is 27.2. The molecule has 0 fully saturated rings. The molecular formula is C13H21ClN2O2S. The topological polar surface area (TPSA) is 72.2 Å². The maximum atomic E-state index is 12.2. The van der Waals surface area contributed by atoms with Crippen molar-refractivity contribution in [1.82, 2.24) is 4.72 Å². The third kappa shape index (κ3) is 4.09. The van der Waals surface area contributed by atoms with Gasteiger partial charge in [-0.1, -0.05) is 38.3 Å². The summed E-state index contributed by atoms with van der Waals surface area (Å²) in [7, 11) is -3.55. The summed E-state index contributed by atoms with van der Waals surface area (Å²) in [4.78, 5) is 0.143. The summed E-state index contributed by atoms with van der Waals surface area (Å²) in [6.07, 6.45) is 1.87. The van der Waals surface area contributed by atoms with Crippen molar-refractivity contribution in [3.63, 3.8) is 0 Å². The second-order valence-corrected chi connectivity index (χ2v) is 6.79. The highest BCUT2D eigenvalue weighted by Gasteiger charge is 2.22. The van der Waals surface area contributed by atoms with E-state index in [9.17, 15) is 8.42 Å². The lowest BCUT2D eigenvalue weighted by atomic mass is 9.96. The molecule has 4 nitrogen and oxygen atoms in total. The molecule has 0 aromatic heterocycles. The highest BCUT2D eigenvalue weighted by atomic mass is 35.5.